The van der Waals surface area contributed by atoms with Crippen molar-refractivity contribution in [2.24, 2.45) is 5.92 Å². The van der Waals surface area contributed by atoms with Crippen LogP contribution in [0.4, 0.5) is 0 Å². The van der Waals surface area contributed by atoms with E-state index in [2.05, 4.69) is 17.1 Å². The third kappa shape index (κ3) is 2.27. The molecule has 0 aromatic rings. The number of nitrogens with one attached hydrogen (secondary N) is 1. The Balaban J connectivity index is 1.70. The molecule has 1 N–H and O–H groups in total. The molecule has 1 aliphatic carbocycles. The number of nitrogens with zero attached hydrogens (tertiary/aromatic N) is 1. The highest BCUT2D eigenvalue weighted by atomic mass is 16.2. The van der Waals surface area contributed by atoms with Gasteiger partial charge in [0.05, 0.1) is 0 Å². The van der Waals surface area contributed by atoms with Gasteiger partial charge in [-0.25, -0.2) is 0 Å². The predicted octanol–water partition coefficient (Wildman–Crippen LogP) is 0.997. The van der Waals surface area contributed by atoms with E-state index in [9.17, 15) is 4.79 Å². The van der Waals surface area contributed by atoms with Gasteiger partial charge in [-0.1, -0.05) is 6.92 Å². The Hall–Kier alpha value is -0.570. The topological polar surface area (TPSA) is 32.3 Å². The summed E-state index contributed by atoms with van der Waals surface area (Å²) in [7, 11) is 0. The van der Waals surface area contributed by atoms with E-state index >= 15 is 0 Å². The lowest BCUT2D eigenvalue weighted by atomic mass is 10.2. The van der Waals surface area contributed by atoms with Gasteiger partial charge in [0.25, 0.3) is 0 Å². The first-order valence-corrected chi connectivity index (χ1v) is 5.83. The second kappa shape index (κ2) is 4.30. The van der Waals surface area contributed by atoms with Crippen LogP contribution in [0.15, 0.2) is 0 Å². The van der Waals surface area contributed by atoms with Gasteiger partial charge in [-0.15, -0.1) is 0 Å². The summed E-state index contributed by atoms with van der Waals surface area (Å²) in [4.78, 5) is 13.9. The molecule has 1 aliphatic heterocycles. The highest BCUT2D eigenvalue weighted by molar-refractivity contribution is 5.80. The minimum atomic E-state index is 0.285. The van der Waals surface area contributed by atoms with Crippen LogP contribution in [-0.4, -0.2) is 36.5 Å². The standard InChI is InChI=1S/C11H20N2O/c1-2-13-7-3-4-10(13)8-12-11(14)9-5-6-9/h9-10H,2-8H2,1H3,(H,12,14)/t10-/m0/s1. The number of rotatable bonds is 4. The lowest BCUT2D eigenvalue weighted by Gasteiger charge is -2.22. The number of hydrogen-bond acceptors (Lipinski definition) is 2. The fourth-order valence-electron chi connectivity index (χ4n) is 2.25. The largest absolute Gasteiger partial charge is 0.354 e. The zero-order chi connectivity index (χ0) is 9.97. The molecule has 3 heteroatoms. The highest BCUT2D eigenvalue weighted by Gasteiger charge is 2.30. The molecule has 0 aromatic carbocycles. The second-order valence-electron chi connectivity index (χ2n) is 4.44. The molecular weight excluding hydrogens is 176 g/mol. The molecule has 80 valence electrons. The summed E-state index contributed by atoms with van der Waals surface area (Å²) in [5.74, 6) is 0.638. The van der Waals surface area contributed by atoms with Crippen molar-refractivity contribution in [3.8, 4) is 0 Å². The zero-order valence-electron chi connectivity index (χ0n) is 8.96. The van der Waals surface area contributed by atoms with Crippen LogP contribution in [0.2, 0.25) is 0 Å². The van der Waals surface area contributed by atoms with Gasteiger partial charge in [-0.2, -0.15) is 0 Å². The number of amides is 1. The van der Waals surface area contributed by atoms with Crippen molar-refractivity contribution in [3.05, 3.63) is 0 Å². The van der Waals surface area contributed by atoms with Gasteiger partial charge in [0, 0.05) is 18.5 Å². The van der Waals surface area contributed by atoms with E-state index in [4.69, 9.17) is 0 Å². The van der Waals surface area contributed by atoms with Gasteiger partial charge >= 0.3 is 0 Å². The van der Waals surface area contributed by atoms with Crippen molar-refractivity contribution in [2.75, 3.05) is 19.6 Å². The first-order valence-electron chi connectivity index (χ1n) is 5.83. The molecule has 0 spiro atoms. The average Bonchev–Trinajstić information content (AvgIpc) is 2.94. The molecule has 2 rings (SSSR count). The van der Waals surface area contributed by atoms with E-state index in [0.717, 1.165) is 25.9 Å². The SMILES string of the molecule is CCN1CCC[C@H]1CNC(=O)C1CC1. The summed E-state index contributed by atoms with van der Waals surface area (Å²) >= 11 is 0. The Morgan fingerprint density at radius 2 is 2.21 bits per heavy atom. The van der Waals surface area contributed by atoms with E-state index in [1.54, 1.807) is 0 Å². The van der Waals surface area contributed by atoms with Crippen molar-refractivity contribution in [1.82, 2.24) is 10.2 Å². The predicted molar refractivity (Wildman–Crippen MR) is 56.0 cm³/mol. The van der Waals surface area contributed by atoms with Crippen molar-refractivity contribution in [3.63, 3.8) is 0 Å². The molecule has 1 heterocycles. The van der Waals surface area contributed by atoms with Crippen LogP contribution < -0.4 is 5.32 Å². The number of likely N-dealkylation sites (tertiary alicyclic amines) is 1. The van der Waals surface area contributed by atoms with E-state index < -0.39 is 0 Å². The Bertz CT molecular complexity index is 213. The smallest absolute Gasteiger partial charge is 0.223 e. The molecule has 14 heavy (non-hydrogen) atoms. The summed E-state index contributed by atoms with van der Waals surface area (Å²) in [5.41, 5.74) is 0. The van der Waals surface area contributed by atoms with Crippen LogP contribution >= 0.6 is 0 Å². The van der Waals surface area contributed by atoms with Crippen molar-refractivity contribution >= 4 is 5.91 Å². The molecule has 0 bridgehead atoms. The Labute approximate surface area is 85.8 Å². The van der Waals surface area contributed by atoms with E-state index in [1.165, 1.54) is 19.4 Å². The fraction of sp³-hybridized carbons (Fsp3) is 0.909. The monoisotopic (exact) mass is 196 g/mol. The van der Waals surface area contributed by atoms with E-state index in [0.29, 0.717) is 12.0 Å². The molecule has 0 radical (unpaired) electrons. The Morgan fingerprint density at radius 3 is 2.86 bits per heavy atom. The highest BCUT2D eigenvalue weighted by Crippen LogP contribution is 2.28. The summed E-state index contributed by atoms with van der Waals surface area (Å²) < 4.78 is 0. The second-order valence-corrected chi connectivity index (χ2v) is 4.44. The van der Waals surface area contributed by atoms with E-state index in [1.807, 2.05) is 0 Å². The van der Waals surface area contributed by atoms with Crippen LogP contribution in [0.3, 0.4) is 0 Å². The zero-order valence-corrected chi connectivity index (χ0v) is 8.96. The number of hydrogen-bond donors (Lipinski definition) is 1. The minimum Gasteiger partial charge on any atom is -0.354 e. The fourth-order valence-corrected chi connectivity index (χ4v) is 2.25. The van der Waals surface area contributed by atoms with E-state index in [-0.39, 0.29) is 5.91 Å². The molecule has 1 saturated heterocycles. The van der Waals surface area contributed by atoms with Crippen LogP contribution in [-0.2, 0) is 4.79 Å². The number of carbonyl (C=O) groups is 1. The van der Waals surface area contributed by atoms with Gasteiger partial charge in [-0.3, -0.25) is 9.69 Å². The lowest BCUT2D eigenvalue weighted by Crippen LogP contribution is -2.40. The molecule has 0 aromatic heterocycles. The third-order valence-corrected chi connectivity index (χ3v) is 3.37. The summed E-state index contributed by atoms with van der Waals surface area (Å²) in [5, 5.41) is 3.07. The normalized spacial score (nSPS) is 27.9. The molecule has 1 amide bonds. The van der Waals surface area contributed by atoms with Crippen LogP contribution in [0.1, 0.15) is 32.6 Å². The van der Waals surface area contributed by atoms with Gasteiger partial charge in [0.1, 0.15) is 0 Å². The number of likely N-dealkylation sites (N-methyl/N-ethyl adjacent to an activating group) is 1. The molecule has 0 unspecified atom stereocenters. The average molecular weight is 196 g/mol. The summed E-state index contributed by atoms with van der Waals surface area (Å²) in [6.07, 6.45) is 4.75. The molecule has 1 saturated carbocycles. The molecule has 3 nitrogen and oxygen atoms in total. The third-order valence-electron chi connectivity index (χ3n) is 3.37. The van der Waals surface area contributed by atoms with Gasteiger partial charge in [0.15, 0.2) is 0 Å². The minimum absolute atomic E-state index is 0.285. The van der Waals surface area contributed by atoms with Crippen LogP contribution in [0, 0.1) is 5.92 Å². The number of carbonyl (C=O) groups excluding carboxylic acids is 1. The summed E-state index contributed by atoms with van der Waals surface area (Å²) in [6.45, 7) is 5.38. The lowest BCUT2D eigenvalue weighted by molar-refractivity contribution is -0.122. The van der Waals surface area contributed by atoms with Crippen LogP contribution in [0.5, 0.6) is 0 Å². The molecule has 1 atom stereocenters. The van der Waals surface area contributed by atoms with Gasteiger partial charge in [0.2, 0.25) is 5.91 Å². The Kier molecular flexibility index (Phi) is 3.06. The maximum atomic E-state index is 11.4. The van der Waals surface area contributed by atoms with Crippen molar-refractivity contribution in [2.45, 2.75) is 38.6 Å². The Morgan fingerprint density at radius 1 is 1.43 bits per heavy atom. The maximum absolute atomic E-state index is 11.4. The summed E-state index contributed by atoms with van der Waals surface area (Å²) in [6, 6.07) is 0.600. The molecule has 2 fully saturated rings. The quantitative estimate of drug-likeness (QED) is 0.727. The van der Waals surface area contributed by atoms with Crippen molar-refractivity contribution in [1.29, 1.82) is 0 Å². The first kappa shape index (κ1) is 9.97. The van der Waals surface area contributed by atoms with Crippen molar-refractivity contribution < 1.29 is 4.79 Å². The molecule has 2 aliphatic rings. The first-order chi connectivity index (χ1) is 6.81. The maximum Gasteiger partial charge on any atom is 0.223 e. The van der Waals surface area contributed by atoms with Gasteiger partial charge in [-0.05, 0) is 38.8 Å². The van der Waals surface area contributed by atoms with Gasteiger partial charge < -0.3 is 5.32 Å². The van der Waals surface area contributed by atoms with Crippen LogP contribution in [0.25, 0.3) is 0 Å². The molecular formula is C11H20N2O.